The summed E-state index contributed by atoms with van der Waals surface area (Å²) >= 11 is 0. The minimum Gasteiger partial charge on any atom is -0.493 e. The van der Waals surface area contributed by atoms with E-state index >= 15 is 0 Å². The molecule has 2 aromatic rings. The van der Waals surface area contributed by atoms with Crippen LogP contribution in [0, 0.1) is 0 Å². The van der Waals surface area contributed by atoms with Crippen LogP contribution in [0.2, 0.25) is 0 Å². The molecule has 1 N–H and O–H groups in total. The number of ether oxygens (including phenoxy) is 4. The highest BCUT2D eigenvalue weighted by molar-refractivity contribution is 6.05. The van der Waals surface area contributed by atoms with Gasteiger partial charge in [-0.15, -0.1) is 0 Å². The van der Waals surface area contributed by atoms with E-state index < -0.39 is 0 Å². The molecule has 4 heterocycles. The maximum Gasteiger partial charge on any atom is 0.260 e. The molecule has 2 aromatic carbocycles. The van der Waals surface area contributed by atoms with Gasteiger partial charge >= 0.3 is 0 Å². The number of nitrogens with zero attached hydrogens (tertiary/aromatic N) is 4. The van der Waals surface area contributed by atoms with E-state index in [1.165, 1.54) is 0 Å². The van der Waals surface area contributed by atoms with Gasteiger partial charge in [-0.3, -0.25) is 19.6 Å². The van der Waals surface area contributed by atoms with E-state index in [0.29, 0.717) is 65.3 Å². The smallest absolute Gasteiger partial charge is 0.260 e. The molecule has 11 heteroatoms. The van der Waals surface area contributed by atoms with E-state index in [1.54, 1.807) is 35.1 Å². The van der Waals surface area contributed by atoms with Crippen LogP contribution in [0.15, 0.2) is 57.8 Å². The van der Waals surface area contributed by atoms with Crippen molar-refractivity contribution in [2.24, 2.45) is 9.98 Å². The van der Waals surface area contributed by atoms with Crippen molar-refractivity contribution in [3.63, 3.8) is 0 Å². The van der Waals surface area contributed by atoms with Gasteiger partial charge in [0.25, 0.3) is 11.8 Å². The van der Waals surface area contributed by atoms with Crippen LogP contribution in [0.4, 0.5) is 11.4 Å². The summed E-state index contributed by atoms with van der Waals surface area (Å²) in [5, 5.41) is 3.13. The highest BCUT2D eigenvalue weighted by Gasteiger charge is 2.33. The van der Waals surface area contributed by atoms with Crippen LogP contribution in [0.5, 0.6) is 23.0 Å². The van der Waals surface area contributed by atoms with Gasteiger partial charge in [0.05, 0.1) is 61.5 Å². The first-order valence-electron chi connectivity index (χ1n) is 16.4. The number of unbranched alkanes of at least 4 members (excludes halogenated alkanes) is 2. The van der Waals surface area contributed by atoms with Crippen molar-refractivity contribution < 1.29 is 28.5 Å². The Balaban J connectivity index is 1.04. The Hall–Kier alpha value is -4.64. The van der Waals surface area contributed by atoms with Gasteiger partial charge in [-0.1, -0.05) is 11.1 Å². The van der Waals surface area contributed by atoms with Crippen LogP contribution in [-0.2, 0) is 0 Å². The Kier molecular flexibility index (Phi) is 9.91. The van der Waals surface area contributed by atoms with Gasteiger partial charge in [0, 0.05) is 37.0 Å². The van der Waals surface area contributed by atoms with E-state index in [1.807, 2.05) is 51.8 Å². The van der Waals surface area contributed by atoms with Crippen molar-refractivity contribution in [3.8, 4) is 23.0 Å². The average Bonchev–Trinajstić information content (AvgIpc) is 3.58. The molecule has 0 unspecified atom stereocenters. The average molecular weight is 642 g/mol. The Morgan fingerprint density at radius 1 is 0.702 bits per heavy atom. The van der Waals surface area contributed by atoms with E-state index in [-0.39, 0.29) is 23.9 Å². The number of fused-ring (bicyclic) bond motifs is 4. The summed E-state index contributed by atoms with van der Waals surface area (Å²) in [7, 11) is 3.48. The highest BCUT2D eigenvalue weighted by Crippen LogP contribution is 2.40. The van der Waals surface area contributed by atoms with Crippen LogP contribution >= 0.6 is 0 Å². The van der Waals surface area contributed by atoms with Gasteiger partial charge in [-0.2, -0.15) is 0 Å². The van der Waals surface area contributed by atoms with Crippen molar-refractivity contribution in [2.75, 3.05) is 40.5 Å². The Morgan fingerprint density at radius 2 is 1.17 bits per heavy atom. The van der Waals surface area contributed by atoms with Gasteiger partial charge in [-0.25, -0.2) is 0 Å². The second kappa shape index (κ2) is 14.4. The first-order valence-corrected chi connectivity index (χ1v) is 16.4. The number of aliphatic imine (C=N–C) groups is 2. The Bertz CT molecular complexity index is 1650. The van der Waals surface area contributed by atoms with Crippen molar-refractivity contribution in [1.82, 2.24) is 15.1 Å². The van der Waals surface area contributed by atoms with E-state index in [9.17, 15) is 9.59 Å². The molecule has 0 spiro atoms. The minimum atomic E-state index is -0.0869. The normalized spacial score (nSPS) is 19.3. The molecule has 0 bridgehead atoms. The van der Waals surface area contributed by atoms with Crippen molar-refractivity contribution in [1.29, 1.82) is 0 Å². The number of carbonyl (C=O) groups excluding carboxylic acids is 2. The van der Waals surface area contributed by atoms with E-state index in [0.717, 1.165) is 56.2 Å². The van der Waals surface area contributed by atoms with Crippen LogP contribution in [0.1, 0.15) is 73.1 Å². The first-order chi connectivity index (χ1) is 22.9. The number of rotatable bonds is 14. The molecule has 0 aromatic heterocycles. The molecule has 0 saturated carbocycles. The lowest BCUT2D eigenvalue weighted by Crippen LogP contribution is -2.32. The second-order valence-corrected chi connectivity index (χ2v) is 12.4. The molecule has 6 rings (SSSR count). The maximum atomic E-state index is 13.4. The predicted octanol–water partition coefficient (Wildman–Crippen LogP) is 5.98. The number of nitrogens with one attached hydrogen (secondary N) is 1. The van der Waals surface area contributed by atoms with Crippen molar-refractivity contribution in [3.05, 3.63) is 58.9 Å². The fraction of sp³-hybridized carbons (Fsp3) is 0.444. The maximum absolute atomic E-state index is 13.4. The number of amides is 2. The summed E-state index contributed by atoms with van der Waals surface area (Å²) in [5.41, 5.74) is 4.50. The lowest BCUT2D eigenvalue weighted by Gasteiger charge is -2.19. The molecule has 4 aliphatic heterocycles. The van der Waals surface area contributed by atoms with Gasteiger partial charge in [-0.05, 0) is 78.1 Å². The molecule has 0 radical (unpaired) electrons. The summed E-state index contributed by atoms with van der Waals surface area (Å²) in [4.78, 5) is 39.4. The quantitative estimate of drug-likeness (QED) is 0.253. The molecular formula is C36H43N5O6. The highest BCUT2D eigenvalue weighted by atomic mass is 16.5. The van der Waals surface area contributed by atoms with Crippen LogP contribution in [-0.4, -0.2) is 86.6 Å². The summed E-state index contributed by atoms with van der Waals surface area (Å²) in [5.74, 6) is 2.03. The van der Waals surface area contributed by atoms with Crippen LogP contribution in [0.25, 0.3) is 0 Å². The number of methoxy groups -OCH3 is 1. The molecular weight excluding hydrogens is 598 g/mol. The molecule has 0 saturated heterocycles. The van der Waals surface area contributed by atoms with Gasteiger partial charge < -0.3 is 34.1 Å². The molecule has 2 atom stereocenters. The lowest BCUT2D eigenvalue weighted by atomic mass is 10.1. The first kappa shape index (κ1) is 32.3. The van der Waals surface area contributed by atoms with Crippen LogP contribution in [0.3, 0.4) is 0 Å². The molecule has 0 fully saturated rings. The predicted molar refractivity (Wildman–Crippen MR) is 181 cm³/mol. The fourth-order valence-electron chi connectivity index (χ4n) is 6.24. The molecule has 2 amide bonds. The Labute approximate surface area is 275 Å². The SMILES string of the molecule is CNCCCOc1cc2c(cc1OCCCCCOc1cc3c(cc1OC)C(=O)N1C=C(C)C[C@H]1C=N3)N=C[C@@H]1CC(C)=CN1C2=O. The third-order valence-corrected chi connectivity index (χ3v) is 8.67. The summed E-state index contributed by atoms with van der Waals surface area (Å²) < 4.78 is 24.0. The van der Waals surface area contributed by atoms with Gasteiger partial charge in [0.15, 0.2) is 23.0 Å². The number of benzene rings is 2. The molecule has 11 nitrogen and oxygen atoms in total. The number of carbonyl (C=O) groups is 2. The van der Waals surface area contributed by atoms with Gasteiger partial charge in [0.2, 0.25) is 0 Å². The number of hydrogen-bond donors (Lipinski definition) is 1. The standard InChI is InChI=1S/C36H43N5O6/c1-23-13-25-19-38-29-17-33(31(44-4)15-27(29)35(42)40(25)21-23)45-10-6-5-7-11-46-34-18-30-28(16-32(34)47-12-8-9-37-3)36(43)41-22-24(2)14-26(41)20-39-30/h15-22,25-26,37H,5-14H2,1-4H3/t25-,26-/m0/s1. The zero-order chi connectivity index (χ0) is 32.9. The zero-order valence-corrected chi connectivity index (χ0v) is 27.6. The second-order valence-electron chi connectivity index (χ2n) is 12.4. The van der Waals surface area contributed by atoms with E-state index in [4.69, 9.17) is 18.9 Å². The molecule has 0 aliphatic carbocycles. The Morgan fingerprint density at radius 3 is 1.68 bits per heavy atom. The number of hydrogen-bond acceptors (Lipinski definition) is 9. The monoisotopic (exact) mass is 641 g/mol. The third kappa shape index (κ3) is 7.05. The fourth-order valence-corrected chi connectivity index (χ4v) is 6.24. The van der Waals surface area contributed by atoms with Gasteiger partial charge in [0.1, 0.15) is 0 Å². The minimum absolute atomic E-state index is 0.0612. The summed E-state index contributed by atoms with van der Waals surface area (Å²) in [6.07, 6.45) is 12.4. The van der Waals surface area contributed by atoms with Crippen molar-refractivity contribution >= 4 is 35.6 Å². The molecule has 4 aliphatic rings. The van der Waals surface area contributed by atoms with Crippen LogP contribution < -0.4 is 24.3 Å². The van der Waals surface area contributed by atoms with Crippen molar-refractivity contribution in [2.45, 2.75) is 64.5 Å². The lowest BCUT2D eigenvalue weighted by molar-refractivity contribution is 0.0809. The largest absolute Gasteiger partial charge is 0.493 e. The third-order valence-electron chi connectivity index (χ3n) is 8.67. The topological polar surface area (TPSA) is 114 Å². The zero-order valence-electron chi connectivity index (χ0n) is 27.6. The molecule has 47 heavy (non-hydrogen) atoms. The molecule has 248 valence electrons. The van der Waals surface area contributed by atoms with E-state index in [2.05, 4.69) is 15.3 Å². The summed E-state index contributed by atoms with van der Waals surface area (Å²) in [6, 6.07) is 6.97. The summed E-state index contributed by atoms with van der Waals surface area (Å²) in [6.45, 7) is 6.33.